The molecule has 20 nitrogen and oxygen atoms in total. The van der Waals surface area contributed by atoms with Gasteiger partial charge >= 0.3 is 0 Å². The molecule has 3 aliphatic heterocycles. The first kappa shape index (κ1) is 55.0. The molecule has 0 aliphatic carbocycles. The smallest absolute Gasteiger partial charge is 0.251 e. The molecule has 10 atom stereocenters. The number of nitrogens with two attached hydrogens (primary N) is 2. The van der Waals surface area contributed by atoms with Gasteiger partial charge in [-0.25, -0.2) is 0 Å². The van der Waals surface area contributed by atoms with Crippen molar-refractivity contribution in [3.8, 4) is 11.5 Å². The highest BCUT2D eigenvalue weighted by molar-refractivity contribution is 6.02. The second-order valence-corrected chi connectivity index (χ2v) is 19.4. The van der Waals surface area contributed by atoms with Crippen molar-refractivity contribution in [3.63, 3.8) is 0 Å². The first-order valence-corrected chi connectivity index (χ1v) is 25.4. The number of aliphatic hydroxyl groups excluding tert-OH is 2. The van der Waals surface area contributed by atoms with E-state index in [1.807, 2.05) is 18.2 Å². The van der Waals surface area contributed by atoms with Crippen molar-refractivity contribution in [1.82, 2.24) is 36.4 Å². The van der Waals surface area contributed by atoms with Crippen LogP contribution in [0.15, 0.2) is 60.7 Å². The third-order valence-corrected chi connectivity index (χ3v) is 13.7. The minimum Gasteiger partial charge on any atom is -0.508 e. The molecule has 3 aromatic carbocycles. The predicted octanol–water partition coefficient (Wildman–Crippen LogP) is 1.35. The van der Waals surface area contributed by atoms with Gasteiger partial charge in [0.25, 0.3) is 5.91 Å². The van der Waals surface area contributed by atoms with Crippen molar-refractivity contribution >= 4 is 52.1 Å². The highest BCUT2D eigenvalue weighted by atomic mass is 16.5. The molecule has 3 fully saturated rings. The molecule has 0 unspecified atom stereocenters. The van der Waals surface area contributed by atoms with E-state index in [0.29, 0.717) is 17.9 Å². The Morgan fingerprint density at radius 1 is 0.764 bits per heavy atom. The number of hydrogen-bond acceptors (Lipinski definition) is 13. The molecule has 3 aromatic rings. The van der Waals surface area contributed by atoms with Crippen LogP contribution in [0.4, 0.5) is 0 Å². The van der Waals surface area contributed by atoms with E-state index in [1.165, 1.54) is 56.6 Å². The molecule has 0 bridgehead atoms. The first-order valence-electron chi connectivity index (χ1n) is 25.4. The minimum atomic E-state index is -1.65. The van der Waals surface area contributed by atoms with Crippen LogP contribution in [-0.2, 0) is 35.2 Å². The van der Waals surface area contributed by atoms with E-state index in [4.69, 9.17) is 16.2 Å². The number of ether oxygens (including phenoxy) is 1. The van der Waals surface area contributed by atoms with Crippen molar-refractivity contribution < 1.29 is 53.6 Å². The third-order valence-electron chi connectivity index (χ3n) is 13.7. The van der Waals surface area contributed by atoms with Crippen molar-refractivity contribution in [3.05, 3.63) is 71.8 Å². The molecule has 3 aliphatic rings. The predicted molar refractivity (Wildman–Crippen MR) is 268 cm³/mol. The number of unbranched alkanes of at least 4 members (excludes halogenated alkanes) is 5. The Balaban J connectivity index is 1.26. The highest BCUT2D eigenvalue weighted by Gasteiger charge is 2.46. The molecule has 12 N–H and O–H groups in total. The fourth-order valence-electron chi connectivity index (χ4n) is 9.58. The summed E-state index contributed by atoms with van der Waals surface area (Å²) < 4.78 is 6.00. The number of nitrogens with one attached hydrogen (secondary N) is 5. The van der Waals surface area contributed by atoms with Crippen LogP contribution in [0.25, 0.3) is 10.8 Å². The lowest BCUT2D eigenvalue weighted by Gasteiger charge is -2.34. The zero-order chi connectivity index (χ0) is 52.1. The Morgan fingerprint density at radius 2 is 1.43 bits per heavy atom. The molecule has 0 spiro atoms. The number of aryl methyl sites for hydroxylation is 1. The van der Waals surface area contributed by atoms with Crippen molar-refractivity contribution in [2.75, 3.05) is 19.7 Å². The highest BCUT2D eigenvalue weighted by Crippen LogP contribution is 2.26. The number of fused-ring (bicyclic) bond motifs is 3. The second kappa shape index (κ2) is 25.9. The zero-order valence-corrected chi connectivity index (χ0v) is 41.5. The molecule has 7 amide bonds. The fourth-order valence-corrected chi connectivity index (χ4v) is 9.58. The van der Waals surface area contributed by atoms with Crippen LogP contribution in [0.3, 0.4) is 0 Å². The van der Waals surface area contributed by atoms with Gasteiger partial charge in [0.15, 0.2) is 0 Å². The van der Waals surface area contributed by atoms with Crippen molar-refractivity contribution in [1.29, 1.82) is 0 Å². The van der Waals surface area contributed by atoms with E-state index in [1.54, 1.807) is 30.3 Å². The zero-order valence-electron chi connectivity index (χ0n) is 41.5. The summed E-state index contributed by atoms with van der Waals surface area (Å²) in [6.45, 7) is 5.27. The monoisotopic (exact) mass is 1000 g/mol. The van der Waals surface area contributed by atoms with Crippen LogP contribution in [0.2, 0.25) is 0 Å². The fraction of sp³-hybridized carbons (Fsp3) is 0.558. The largest absolute Gasteiger partial charge is 0.508 e. The Bertz CT molecular complexity index is 2380. The maximum atomic E-state index is 14.5. The number of aliphatic hydroxyl groups is 2. The summed E-state index contributed by atoms with van der Waals surface area (Å²) in [7, 11) is 0. The Labute approximate surface area is 420 Å². The number of phenolic OH excluding ortho intramolecular Hbond substituents is 1. The lowest BCUT2D eigenvalue weighted by Crippen LogP contribution is -2.63. The van der Waals surface area contributed by atoms with Gasteiger partial charge in [0, 0.05) is 24.7 Å². The maximum absolute atomic E-state index is 14.5. The molecule has 0 aromatic heterocycles. The Morgan fingerprint density at radius 3 is 2.15 bits per heavy atom. The lowest BCUT2D eigenvalue weighted by molar-refractivity contribution is -0.146. The topological polar surface area (TPSA) is 308 Å². The van der Waals surface area contributed by atoms with Crippen LogP contribution in [-0.4, -0.2) is 147 Å². The molecular formula is C52H73N9O11. The van der Waals surface area contributed by atoms with Crippen LogP contribution < -0.4 is 42.8 Å². The molecule has 20 heteroatoms. The van der Waals surface area contributed by atoms with Gasteiger partial charge in [0.1, 0.15) is 47.8 Å². The van der Waals surface area contributed by atoms with Crippen LogP contribution in [0, 0.1) is 0 Å². The first-order chi connectivity index (χ1) is 34.4. The number of carbonyl (C=O) groups excluding carboxylic acids is 7. The Kier molecular flexibility index (Phi) is 19.7. The number of nitrogens with zero attached hydrogens (tertiary/aromatic N) is 2. The van der Waals surface area contributed by atoms with Gasteiger partial charge in [-0.15, -0.1) is 0 Å². The normalized spacial score (nSPS) is 25.8. The van der Waals surface area contributed by atoms with E-state index in [2.05, 4.69) is 33.5 Å². The summed E-state index contributed by atoms with van der Waals surface area (Å²) in [6.07, 6.45) is 3.31. The van der Waals surface area contributed by atoms with Crippen molar-refractivity contribution in [2.45, 2.75) is 165 Å². The number of phenols is 1. The number of hydrogen-bond donors (Lipinski definition) is 10. The van der Waals surface area contributed by atoms with E-state index in [9.17, 15) is 48.9 Å². The molecule has 0 radical (unpaired) electrons. The maximum Gasteiger partial charge on any atom is 0.251 e. The number of rotatable bonds is 15. The number of aromatic hydroxyl groups is 1. The van der Waals surface area contributed by atoms with E-state index >= 15 is 0 Å². The van der Waals surface area contributed by atoms with Gasteiger partial charge in [0.2, 0.25) is 35.4 Å². The summed E-state index contributed by atoms with van der Waals surface area (Å²) in [5.41, 5.74) is 13.7. The summed E-state index contributed by atoms with van der Waals surface area (Å²) in [5, 5.41) is 46.9. The van der Waals surface area contributed by atoms with Gasteiger partial charge in [0.05, 0.1) is 25.0 Å². The van der Waals surface area contributed by atoms with Crippen LogP contribution in [0.5, 0.6) is 11.5 Å². The van der Waals surface area contributed by atoms with Gasteiger partial charge in [-0.2, -0.15) is 0 Å². The summed E-state index contributed by atoms with van der Waals surface area (Å²) >= 11 is 0. The van der Waals surface area contributed by atoms with Crippen LogP contribution in [0.1, 0.15) is 114 Å². The summed E-state index contributed by atoms with van der Waals surface area (Å²) in [6, 6.07) is 7.99. The Hall–Kier alpha value is -6.35. The minimum absolute atomic E-state index is 0.0174. The molecule has 392 valence electrons. The number of benzene rings is 3. The average molecular weight is 1000 g/mol. The molecule has 3 saturated heterocycles. The standard InChI is InChI=1S/C52H73N9O11/c1-4-5-6-7-8-9-25-72-38-20-17-33-26-35(16-15-34(33)27-38)46(65)56-39-11-10-24-55-49(68)42-28-36(53)29-60(42)51(70)44(30(2)62)58-48(67)40(21-14-32-12-18-37(64)19-13-32)57-50(69)41-22-23-43(54)61(41)52(71)45(31(3)63)59-47(39)66/h12-13,15-20,26-27,30-31,36,39-45,62-64H,4-11,14,21-25,28-29,53-54H2,1-3H3,(H,55,68)(H,56,65)(H,57,69)(H,58,67)(H,59,66)/t30-,31+,36-,39-,40-,41-,42-,43+,44-,45-/m0/s1. The lowest BCUT2D eigenvalue weighted by atomic mass is 10.0. The van der Waals surface area contributed by atoms with E-state index in [0.717, 1.165) is 28.5 Å². The second-order valence-electron chi connectivity index (χ2n) is 19.4. The van der Waals surface area contributed by atoms with Gasteiger partial charge in [-0.3, -0.25) is 33.6 Å². The van der Waals surface area contributed by atoms with E-state index in [-0.39, 0.29) is 69.3 Å². The summed E-state index contributed by atoms with van der Waals surface area (Å²) in [5.74, 6) is -4.61. The van der Waals surface area contributed by atoms with Crippen molar-refractivity contribution in [2.24, 2.45) is 11.5 Å². The molecule has 72 heavy (non-hydrogen) atoms. The number of amides is 7. The molecule has 3 heterocycles. The SMILES string of the molecule is CCCCCCCCOc1ccc2cc(C(=O)N[C@H]3CCCNC(=O)[C@@H]4C[C@H](N)CN4C(=O)[C@H]([C@H](C)O)NC(=O)[C@H](CCc4ccc(O)cc4)NC(=O)[C@@H]4CC[C@H](N)N4C(=O)[C@H]([C@@H](C)O)NC3=O)ccc2c1. The van der Waals surface area contributed by atoms with Gasteiger partial charge in [-0.05, 0) is 118 Å². The average Bonchev–Trinajstić information content (AvgIpc) is 3.95. The van der Waals surface area contributed by atoms with Gasteiger partial charge < -0.3 is 67.9 Å². The quantitative estimate of drug-likeness (QED) is 0.0964. The van der Waals surface area contributed by atoms with E-state index < -0.39 is 102 Å². The van der Waals surface area contributed by atoms with Crippen LogP contribution >= 0.6 is 0 Å². The van der Waals surface area contributed by atoms with Gasteiger partial charge in [-0.1, -0.05) is 63.3 Å². The number of carbonyl (C=O) groups is 7. The molecule has 0 saturated carbocycles. The molecule has 6 rings (SSSR count). The molecular weight excluding hydrogens is 927 g/mol. The summed E-state index contributed by atoms with van der Waals surface area (Å²) in [4.78, 5) is 102. The third kappa shape index (κ3) is 14.4.